The summed E-state index contributed by atoms with van der Waals surface area (Å²) in [5, 5.41) is 2.93. The van der Waals surface area contributed by atoms with Gasteiger partial charge in [0, 0.05) is 31.2 Å². The number of anilines is 1. The zero-order valence-electron chi connectivity index (χ0n) is 14.5. The van der Waals surface area contributed by atoms with E-state index >= 15 is 0 Å². The highest BCUT2D eigenvalue weighted by Gasteiger charge is 2.26. The van der Waals surface area contributed by atoms with Crippen LogP contribution in [0.2, 0.25) is 0 Å². The van der Waals surface area contributed by atoms with Crippen molar-refractivity contribution in [3.63, 3.8) is 0 Å². The van der Waals surface area contributed by atoms with Crippen LogP contribution in [0.1, 0.15) is 32.6 Å². The molecule has 6 nitrogen and oxygen atoms in total. The molecule has 2 aromatic rings. The van der Waals surface area contributed by atoms with Gasteiger partial charge in [-0.15, -0.1) is 0 Å². The van der Waals surface area contributed by atoms with Gasteiger partial charge in [0.1, 0.15) is 0 Å². The summed E-state index contributed by atoms with van der Waals surface area (Å²) in [5.41, 5.74) is 5.05. The van der Waals surface area contributed by atoms with Crippen LogP contribution in [0.5, 0.6) is 0 Å². The SMILES string of the molecule is Cc1ccc(NC(=O)c2cncc3c2CCN(S(C)(=O)=O)C3)c(C)c1. The Morgan fingerprint density at radius 3 is 2.68 bits per heavy atom. The molecule has 3 rings (SSSR count). The van der Waals surface area contributed by atoms with E-state index in [1.54, 1.807) is 12.4 Å². The highest BCUT2D eigenvalue weighted by molar-refractivity contribution is 7.88. The minimum absolute atomic E-state index is 0.218. The first-order chi connectivity index (χ1) is 11.8. The number of nitrogens with zero attached hydrogens (tertiary/aromatic N) is 2. The number of aryl methyl sites for hydroxylation is 2. The molecule has 1 amide bonds. The minimum atomic E-state index is -3.25. The monoisotopic (exact) mass is 359 g/mol. The van der Waals surface area contributed by atoms with Gasteiger partial charge in [0.15, 0.2) is 0 Å². The normalized spacial score (nSPS) is 14.8. The molecule has 1 aliphatic rings. The van der Waals surface area contributed by atoms with Gasteiger partial charge in [-0.25, -0.2) is 8.42 Å². The van der Waals surface area contributed by atoms with Gasteiger partial charge in [-0.3, -0.25) is 9.78 Å². The Balaban J connectivity index is 1.88. The number of hydrogen-bond donors (Lipinski definition) is 1. The van der Waals surface area contributed by atoms with E-state index in [-0.39, 0.29) is 12.5 Å². The molecule has 1 N–H and O–H groups in total. The van der Waals surface area contributed by atoms with Crippen LogP contribution < -0.4 is 5.32 Å². The molecule has 0 saturated heterocycles. The number of carbonyl (C=O) groups excluding carboxylic acids is 1. The Kier molecular flexibility index (Phi) is 4.62. The average molecular weight is 359 g/mol. The van der Waals surface area contributed by atoms with Crippen molar-refractivity contribution in [3.8, 4) is 0 Å². The number of nitrogens with one attached hydrogen (secondary N) is 1. The van der Waals surface area contributed by atoms with Crippen LogP contribution in [0, 0.1) is 13.8 Å². The molecule has 0 bridgehead atoms. The number of benzene rings is 1. The summed E-state index contributed by atoms with van der Waals surface area (Å²) < 4.78 is 24.9. The fourth-order valence-electron chi connectivity index (χ4n) is 3.09. The van der Waals surface area contributed by atoms with Gasteiger partial charge in [0.2, 0.25) is 10.0 Å². The van der Waals surface area contributed by atoms with Crippen molar-refractivity contribution in [2.75, 3.05) is 18.1 Å². The van der Waals surface area contributed by atoms with Crippen molar-refractivity contribution in [2.45, 2.75) is 26.8 Å². The molecule has 0 atom stereocenters. The fourth-order valence-corrected chi connectivity index (χ4v) is 3.89. The summed E-state index contributed by atoms with van der Waals surface area (Å²) in [7, 11) is -3.25. The Labute approximate surface area is 147 Å². The van der Waals surface area contributed by atoms with Crippen LogP contribution >= 0.6 is 0 Å². The van der Waals surface area contributed by atoms with Crippen LogP contribution in [-0.4, -0.2) is 36.4 Å². The lowest BCUT2D eigenvalue weighted by Gasteiger charge is -2.27. The first-order valence-electron chi connectivity index (χ1n) is 8.05. The van der Waals surface area contributed by atoms with Gasteiger partial charge >= 0.3 is 0 Å². The van der Waals surface area contributed by atoms with E-state index < -0.39 is 10.0 Å². The van der Waals surface area contributed by atoms with Crippen LogP contribution in [-0.2, 0) is 23.0 Å². The fraction of sp³-hybridized carbons (Fsp3) is 0.333. The summed E-state index contributed by atoms with van der Waals surface area (Å²) >= 11 is 0. The summed E-state index contributed by atoms with van der Waals surface area (Å²) in [6, 6.07) is 5.85. The molecule has 0 unspecified atom stereocenters. The first kappa shape index (κ1) is 17.6. The van der Waals surface area contributed by atoms with Crippen molar-refractivity contribution in [2.24, 2.45) is 0 Å². The van der Waals surface area contributed by atoms with Crippen molar-refractivity contribution in [3.05, 3.63) is 58.4 Å². The largest absolute Gasteiger partial charge is 0.322 e. The Morgan fingerprint density at radius 1 is 1.24 bits per heavy atom. The van der Waals surface area contributed by atoms with Gasteiger partial charge in [-0.1, -0.05) is 17.7 Å². The molecule has 132 valence electrons. The molecule has 0 saturated carbocycles. The van der Waals surface area contributed by atoms with Gasteiger partial charge in [-0.2, -0.15) is 4.31 Å². The number of aromatic nitrogens is 1. The zero-order valence-corrected chi connectivity index (χ0v) is 15.4. The van der Waals surface area contributed by atoms with Gasteiger partial charge in [-0.05, 0) is 43.0 Å². The lowest BCUT2D eigenvalue weighted by Crippen LogP contribution is -2.36. The molecule has 2 heterocycles. The smallest absolute Gasteiger partial charge is 0.257 e. The second-order valence-corrected chi connectivity index (χ2v) is 8.43. The van der Waals surface area contributed by atoms with Crippen molar-refractivity contribution < 1.29 is 13.2 Å². The lowest BCUT2D eigenvalue weighted by atomic mass is 9.97. The second-order valence-electron chi connectivity index (χ2n) is 6.44. The quantitative estimate of drug-likeness (QED) is 0.912. The third-order valence-corrected chi connectivity index (χ3v) is 5.70. The first-order valence-corrected chi connectivity index (χ1v) is 9.90. The number of pyridine rings is 1. The van der Waals surface area contributed by atoms with E-state index in [0.29, 0.717) is 18.5 Å². The maximum absolute atomic E-state index is 12.7. The Hall–Kier alpha value is -2.25. The highest BCUT2D eigenvalue weighted by Crippen LogP contribution is 2.24. The van der Waals surface area contributed by atoms with E-state index in [4.69, 9.17) is 0 Å². The summed E-state index contributed by atoms with van der Waals surface area (Å²) in [4.78, 5) is 16.9. The minimum Gasteiger partial charge on any atom is -0.322 e. The number of sulfonamides is 1. The molecular formula is C18H21N3O3S. The maximum Gasteiger partial charge on any atom is 0.257 e. The molecular weight excluding hydrogens is 338 g/mol. The third-order valence-electron chi connectivity index (χ3n) is 4.45. The molecule has 0 radical (unpaired) electrons. The molecule has 25 heavy (non-hydrogen) atoms. The summed E-state index contributed by atoms with van der Waals surface area (Å²) in [6.07, 6.45) is 4.89. The van der Waals surface area contributed by atoms with E-state index in [9.17, 15) is 13.2 Å². The molecule has 0 aliphatic carbocycles. The van der Waals surface area contributed by atoms with Crippen LogP contribution in [0.25, 0.3) is 0 Å². The van der Waals surface area contributed by atoms with Crippen molar-refractivity contribution >= 4 is 21.6 Å². The molecule has 1 aromatic heterocycles. The summed E-state index contributed by atoms with van der Waals surface area (Å²) in [6.45, 7) is 4.58. The predicted molar refractivity (Wildman–Crippen MR) is 97.1 cm³/mol. The number of rotatable bonds is 3. The predicted octanol–water partition coefficient (Wildman–Crippen LogP) is 2.27. The second kappa shape index (κ2) is 6.57. The van der Waals surface area contributed by atoms with E-state index in [1.165, 1.54) is 10.6 Å². The van der Waals surface area contributed by atoms with Crippen molar-refractivity contribution in [1.29, 1.82) is 0 Å². The van der Waals surface area contributed by atoms with Crippen LogP contribution in [0.4, 0.5) is 5.69 Å². The Bertz CT molecular complexity index is 939. The van der Waals surface area contributed by atoms with Gasteiger partial charge < -0.3 is 5.32 Å². The number of fused-ring (bicyclic) bond motifs is 1. The van der Waals surface area contributed by atoms with Gasteiger partial charge in [0.05, 0.1) is 11.8 Å². The molecule has 1 aliphatic heterocycles. The van der Waals surface area contributed by atoms with E-state index in [0.717, 1.165) is 27.9 Å². The van der Waals surface area contributed by atoms with Crippen LogP contribution in [0.3, 0.4) is 0 Å². The van der Waals surface area contributed by atoms with E-state index in [2.05, 4.69) is 10.3 Å². The molecule has 7 heteroatoms. The highest BCUT2D eigenvalue weighted by atomic mass is 32.2. The Morgan fingerprint density at radius 2 is 2.00 bits per heavy atom. The van der Waals surface area contributed by atoms with E-state index in [1.807, 2.05) is 32.0 Å². The average Bonchev–Trinajstić information content (AvgIpc) is 2.55. The topological polar surface area (TPSA) is 79.4 Å². The third kappa shape index (κ3) is 3.72. The van der Waals surface area contributed by atoms with Crippen molar-refractivity contribution in [1.82, 2.24) is 9.29 Å². The number of hydrogen-bond acceptors (Lipinski definition) is 4. The molecule has 1 aromatic carbocycles. The number of carbonyl (C=O) groups is 1. The lowest BCUT2D eigenvalue weighted by molar-refractivity contribution is 0.102. The standard InChI is InChI=1S/C18H21N3O3S/c1-12-4-5-17(13(2)8-12)20-18(22)16-10-19-9-14-11-21(25(3,23)24)7-6-15(14)16/h4-5,8-10H,6-7,11H2,1-3H3,(H,20,22). The van der Waals surface area contributed by atoms with Gasteiger partial charge in [0.25, 0.3) is 5.91 Å². The van der Waals surface area contributed by atoms with Crippen LogP contribution in [0.15, 0.2) is 30.6 Å². The maximum atomic E-state index is 12.7. The summed E-state index contributed by atoms with van der Waals surface area (Å²) in [5.74, 6) is -0.218. The number of amides is 1. The molecule has 0 spiro atoms. The molecule has 0 fully saturated rings. The zero-order chi connectivity index (χ0) is 18.2.